The van der Waals surface area contributed by atoms with Gasteiger partial charge in [-0.25, -0.2) is 0 Å². The van der Waals surface area contributed by atoms with Crippen LogP contribution in [0, 0.1) is 5.92 Å². The summed E-state index contributed by atoms with van der Waals surface area (Å²) in [5.74, 6) is -0.414. The van der Waals surface area contributed by atoms with Gasteiger partial charge in [0.1, 0.15) is 0 Å². The lowest BCUT2D eigenvalue weighted by Crippen LogP contribution is -2.42. The van der Waals surface area contributed by atoms with Crippen molar-refractivity contribution < 1.29 is 9.53 Å². The van der Waals surface area contributed by atoms with Gasteiger partial charge in [-0.1, -0.05) is 25.6 Å². The number of hydrogen-bond donors (Lipinski definition) is 2. The van der Waals surface area contributed by atoms with Crippen LogP contribution in [0.3, 0.4) is 0 Å². The zero-order chi connectivity index (χ0) is 12.6. The van der Waals surface area contributed by atoms with Crippen LogP contribution in [0.2, 0.25) is 0 Å². The number of carbonyl (C=O) groups is 1. The number of hydrogen-bond acceptors (Lipinski definition) is 3. The Morgan fingerprint density at radius 1 is 1.50 bits per heavy atom. The molecule has 2 unspecified atom stereocenters. The highest BCUT2D eigenvalue weighted by Crippen LogP contribution is 2.08. The monoisotopic (exact) mass is 246 g/mol. The highest BCUT2D eigenvalue weighted by molar-refractivity contribution is 7.80. The van der Waals surface area contributed by atoms with E-state index in [9.17, 15) is 4.79 Å². The summed E-state index contributed by atoms with van der Waals surface area (Å²) in [4.78, 5) is 12.1. The molecular formula is C11H22N2O2S. The molecule has 2 atom stereocenters. The molecule has 0 aliphatic heterocycles. The first-order valence-corrected chi connectivity index (χ1v) is 6.02. The largest absolute Gasteiger partial charge is 0.393 e. The lowest BCUT2D eigenvalue weighted by Gasteiger charge is -2.18. The van der Waals surface area contributed by atoms with Crippen LogP contribution >= 0.6 is 12.2 Å². The van der Waals surface area contributed by atoms with Crippen molar-refractivity contribution in [2.45, 2.75) is 39.2 Å². The van der Waals surface area contributed by atoms with Gasteiger partial charge in [0.2, 0.25) is 5.91 Å². The third-order valence-electron chi connectivity index (χ3n) is 2.38. The predicted octanol–water partition coefficient (Wildman–Crippen LogP) is 1.23. The first-order valence-electron chi connectivity index (χ1n) is 5.61. The molecule has 0 aromatic carbocycles. The molecule has 0 radical (unpaired) electrons. The Morgan fingerprint density at radius 3 is 2.56 bits per heavy atom. The Hall–Kier alpha value is -0.680. The minimum absolute atomic E-state index is 0.0713. The van der Waals surface area contributed by atoms with Crippen molar-refractivity contribution in [2.75, 3.05) is 13.7 Å². The topological polar surface area (TPSA) is 64.3 Å². The first kappa shape index (κ1) is 15.3. The Kier molecular flexibility index (Phi) is 8.11. The molecule has 4 nitrogen and oxygen atoms in total. The van der Waals surface area contributed by atoms with E-state index in [1.165, 1.54) is 0 Å². The Morgan fingerprint density at radius 2 is 2.12 bits per heavy atom. The maximum Gasteiger partial charge on any atom is 0.230 e. The smallest absolute Gasteiger partial charge is 0.230 e. The van der Waals surface area contributed by atoms with E-state index in [0.717, 1.165) is 12.8 Å². The summed E-state index contributed by atoms with van der Waals surface area (Å²) >= 11 is 4.89. The van der Waals surface area contributed by atoms with Crippen molar-refractivity contribution in [2.24, 2.45) is 11.7 Å². The van der Waals surface area contributed by atoms with Gasteiger partial charge in [-0.05, 0) is 19.8 Å². The van der Waals surface area contributed by atoms with Crippen LogP contribution in [0.5, 0.6) is 0 Å². The van der Waals surface area contributed by atoms with Gasteiger partial charge in [-0.2, -0.15) is 0 Å². The van der Waals surface area contributed by atoms with Crippen LogP contribution in [0.4, 0.5) is 0 Å². The zero-order valence-corrected chi connectivity index (χ0v) is 11.1. The molecule has 0 aliphatic carbocycles. The molecule has 3 N–H and O–H groups in total. The van der Waals surface area contributed by atoms with Gasteiger partial charge in [-0.15, -0.1) is 0 Å². The molecule has 0 fully saturated rings. The molecule has 0 heterocycles. The molecule has 16 heavy (non-hydrogen) atoms. The third-order valence-corrected chi connectivity index (χ3v) is 2.67. The Balaban J connectivity index is 4.13. The van der Waals surface area contributed by atoms with E-state index in [1.807, 2.05) is 13.8 Å². The average molecular weight is 246 g/mol. The summed E-state index contributed by atoms with van der Waals surface area (Å²) in [7, 11) is 1.64. The van der Waals surface area contributed by atoms with Crippen LogP contribution in [-0.4, -0.2) is 30.7 Å². The van der Waals surface area contributed by atoms with Crippen molar-refractivity contribution in [3.8, 4) is 0 Å². The predicted molar refractivity (Wildman–Crippen MR) is 69.3 cm³/mol. The quantitative estimate of drug-likeness (QED) is 0.632. The summed E-state index contributed by atoms with van der Waals surface area (Å²) in [5, 5.41) is 2.89. The molecule has 0 aliphatic rings. The summed E-state index contributed by atoms with van der Waals surface area (Å²) in [5.41, 5.74) is 5.55. The van der Waals surface area contributed by atoms with Crippen molar-refractivity contribution in [1.82, 2.24) is 5.32 Å². The van der Waals surface area contributed by atoms with Crippen molar-refractivity contribution in [3.63, 3.8) is 0 Å². The van der Waals surface area contributed by atoms with Crippen molar-refractivity contribution in [3.05, 3.63) is 0 Å². The number of nitrogens with one attached hydrogen (secondary N) is 1. The van der Waals surface area contributed by atoms with Gasteiger partial charge in [0.25, 0.3) is 0 Å². The van der Waals surface area contributed by atoms with Crippen molar-refractivity contribution >= 4 is 23.1 Å². The standard InChI is InChI=1S/C11H22N2O2S/c1-4-5-9(10(12)16)11(14)13-8(2)6-7-15-3/h8-9H,4-7H2,1-3H3,(H2,12,16)(H,13,14). The molecule has 0 spiro atoms. The second-order valence-electron chi connectivity index (χ2n) is 3.93. The fourth-order valence-corrected chi connectivity index (χ4v) is 1.63. The minimum Gasteiger partial charge on any atom is -0.393 e. The molecule has 0 bridgehead atoms. The molecule has 5 heteroatoms. The van der Waals surface area contributed by atoms with E-state index in [2.05, 4.69) is 5.32 Å². The fourth-order valence-electron chi connectivity index (χ4n) is 1.40. The maximum atomic E-state index is 11.8. The summed E-state index contributed by atoms with van der Waals surface area (Å²) in [6.45, 7) is 4.58. The molecule has 0 aromatic heterocycles. The zero-order valence-electron chi connectivity index (χ0n) is 10.3. The number of thiocarbonyl (C=S) groups is 1. The van der Waals surface area contributed by atoms with Crippen LogP contribution in [0.25, 0.3) is 0 Å². The highest BCUT2D eigenvalue weighted by atomic mass is 32.1. The minimum atomic E-state index is -0.343. The molecule has 0 aromatic rings. The van der Waals surface area contributed by atoms with E-state index >= 15 is 0 Å². The molecule has 0 rings (SSSR count). The van der Waals surface area contributed by atoms with Gasteiger partial charge in [0.15, 0.2) is 0 Å². The number of methoxy groups -OCH3 is 1. The van der Waals surface area contributed by atoms with Gasteiger partial charge in [0.05, 0.1) is 10.9 Å². The molecule has 1 amide bonds. The normalized spacial score (nSPS) is 14.2. The first-order chi connectivity index (χ1) is 7.52. The summed E-state index contributed by atoms with van der Waals surface area (Å²) < 4.78 is 4.95. The van der Waals surface area contributed by atoms with Gasteiger partial charge in [-0.3, -0.25) is 4.79 Å². The van der Waals surface area contributed by atoms with Crippen LogP contribution in [0.15, 0.2) is 0 Å². The Labute approximate surface area is 103 Å². The highest BCUT2D eigenvalue weighted by Gasteiger charge is 2.21. The van der Waals surface area contributed by atoms with Crippen LogP contribution in [0.1, 0.15) is 33.1 Å². The molecule has 0 saturated heterocycles. The average Bonchev–Trinajstić information content (AvgIpc) is 2.22. The Bertz CT molecular complexity index is 234. The van der Waals surface area contributed by atoms with E-state index in [1.54, 1.807) is 7.11 Å². The lowest BCUT2D eigenvalue weighted by atomic mass is 10.0. The summed E-state index contributed by atoms with van der Waals surface area (Å²) in [6.07, 6.45) is 2.39. The number of rotatable bonds is 8. The van der Waals surface area contributed by atoms with Crippen molar-refractivity contribution in [1.29, 1.82) is 0 Å². The van der Waals surface area contributed by atoms with E-state index in [4.69, 9.17) is 22.7 Å². The third kappa shape index (κ3) is 6.02. The molecule has 0 saturated carbocycles. The van der Waals surface area contributed by atoms with Gasteiger partial charge in [0, 0.05) is 19.8 Å². The fraction of sp³-hybridized carbons (Fsp3) is 0.818. The van der Waals surface area contributed by atoms with Gasteiger partial charge >= 0.3 is 0 Å². The SMILES string of the molecule is CCCC(C(=O)NC(C)CCOC)C(N)=S. The molecule has 94 valence electrons. The van der Waals surface area contributed by atoms with E-state index in [-0.39, 0.29) is 22.9 Å². The number of ether oxygens (including phenoxy) is 1. The molecular weight excluding hydrogens is 224 g/mol. The number of nitrogens with two attached hydrogens (primary N) is 1. The van der Waals surface area contributed by atoms with Crippen LogP contribution in [-0.2, 0) is 9.53 Å². The maximum absolute atomic E-state index is 11.8. The van der Waals surface area contributed by atoms with Crippen LogP contribution < -0.4 is 11.1 Å². The van der Waals surface area contributed by atoms with E-state index < -0.39 is 0 Å². The van der Waals surface area contributed by atoms with E-state index in [0.29, 0.717) is 13.0 Å². The van der Waals surface area contributed by atoms with Gasteiger partial charge < -0.3 is 15.8 Å². The second-order valence-corrected chi connectivity index (χ2v) is 4.41. The second kappa shape index (κ2) is 8.47. The lowest BCUT2D eigenvalue weighted by molar-refractivity contribution is -0.123. The summed E-state index contributed by atoms with van der Waals surface area (Å²) in [6, 6.07) is 0.0844. The number of amides is 1. The number of carbonyl (C=O) groups excluding carboxylic acids is 1.